The third-order valence-corrected chi connectivity index (χ3v) is 3.29. The molecule has 1 rings (SSSR count). The lowest BCUT2D eigenvalue weighted by Crippen LogP contribution is -2.41. The molecule has 1 aliphatic rings. The minimum absolute atomic E-state index is 0.0326. The maximum atomic E-state index is 12.0. The van der Waals surface area contributed by atoms with Crippen molar-refractivity contribution in [3.05, 3.63) is 0 Å². The number of ether oxygens (including phenoxy) is 1. The van der Waals surface area contributed by atoms with E-state index in [1.807, 2.05) is 34.6 Å². The first-order valence-electron chi connectivity index (χ1n) is 6.72. The summed E-state index contributed by atoms with van der Waals surface area (Å²) < 4.78 is 5.37. The molecule has 4 nitrogen and oxygen atoms in total. The molecule has 18 heavy (non-hydrogen) atoms. The van der Waals surface area contributed by atoms with Crippen LogP contribution >= 0.6 is 0 Å². The average Bonchev–Trinajstić information content (AvgIpc) is 2.23. The second-order valence-electron chi connectivity index (χ2n) is 6.25. The smallest absolute Gasteiger partial charge is 0.410 e. The summed E-state index contributed by atoms with van der Waals surface area (Å²) in [5.74, 6) is 0.384. The number of likely N-dealkylation sites (tertiary alicyclic amines) is 1. The van der Waals surface area contributed by atoms with Gasteiger partial charge in [0.2, 0.25) is 0 Å². The van der Waals surface area contributed by atoms with E-state index in [-0.39, 0.29) is 17.9 Å². The Morgan fingerprint density at radius 1 is 1.17 bits per heavy atom. The zero-order chi connectivity index (χ0) is 13.9. The Morgan fingerprint density at radius 3 is 2.00 bits per heavy atom. The first-order valence-corrected chi connectivity index (χ1v) is 6.72. The van der Waals surface area contributed by atoms with Gasteiger partial charge in [-0.25, -0.2) is 4.79 Å². The van der Waals surface area contributed by atoms with Gasteiger partial charge in [0, 0.05) is 24.9 Å². The second-order valence-corrected chi connectivity index (χ2v) is 6.25. The highest BCUT2D eigenvalue weighted by molar-refractivity contribution is 5.83. The van der Waals surface area contributed by atoms with Crippen LogP contribution in [0.3, 0.4) is 0 Å². The Balaban J connectivity index is 2.63. The lowest BCUT2D eigenvalue weighted by atomic mass is 9.89. The maximum Gasteiger partial charge on any atom is 0.410 e. The Bertz CT molecular complexity index is 303. The Labute approximate surface area is 110 Å². The molecule has 0 bridgehead atoms. The molecule has 104 valence electrons. The van der Waals surface area contributed by atoms with E-state index >= 15 is 0 Å². The first-order chi connectivity index (χ1) is 8.20. The minimum Gasteiger partial charge on any atom is -0.444 e. The highest BCUT2D eigenvalue weighted by atomic mass is 16.6. The predicted octanol–water partition coefficient (Wildman–Crippen LogP) is 2.86. The van der Waals surface area contributed by atoms with Gasteiger partial charge in [-0.3, -0.25) is 4.79 Å². The normalized spacial score (nSPS) is 26.5. The van der Waals surface area contributed by atoms with Gasteiger partial charge in [-0.2, -0.15) is 0 Å². The molecule has 1 fully saturated rings. The molecule has 0 N–H and O–H groups in total. The number of carbonyl (C=O) groups is 2. The number of nitrogens with zero attached hydrogens (tertiary/aromatic N) is 1. The van der Waals surface area contributed by atoms with Crippen molar-refractivity contribution in [1.29, 1.82) is 0 Å². The summed E-state index contributed by atoms with van der Waals surface area (Å²) in [7, 11) is 0. The lowest BCUT2D eigenvalue weighted by molar-refractivity contribution is -0.127. The molecule has 2 unspecified atom stereocenters. The molecule has 0 aliphatic carbocycles. The molecule has 0 radical (unpaired) electrons. The number of hydrogen-bond acceptors (Lipinski definition) is 3. The molecule has 0 aromatic carbocycles. The number of ketones is 1. The van der Waals surface area contributed by atoms with Crippen molar-refractivity contribution >= 4 is 11.9 Å². The third-order valence-electron chi connectivity index (χ3n) is 3.29. The lowest BCUT2D eigenvalue weighted by Gasteiger charge is -2.31. The van der Waals surface area contributed by atoms with E-state index in [0.717, 1.165) is 12.8 Å². The number of hydrogen-bond donors (Lipinski definition) is 0. The quantitative estimate of drug-likeness (QED) is 0.668. The van der Waals surface area contributed by atoms with Gasteiger partial charge in [-0.05, 0) is 33.6 Å². The molecular formula is C14H25NO3. The first kappa shape index (κ1) is 15.0. The van der Waals surface area contributed by atoms with Crippen molar-refractivity contribution in [2.24, 2.45) is 11.8 Å². The maximum absolute atomic E-state index is 12.0. The van der Waals surface area contributed by atoms with E-state index in [9.17, 15) is 9.59 Å². The summed E-state index contributed by atoms with van der Waals surface area (Å²) in [4.78, 5) is 25.6. The van der Waals surface area contributed by atoms with Crippen LogP contribution in [0.25, 0.3) is 0 Å². The third kappa shape index (κ3) is 4.31. The highest BCUT2D eigenvalue weighted by Gasteiger charge is 2.28. The summed E-state index contributed by atoms with van der Waals surface area (Å²) >= 11 is 0. The molecule has 0 aromatic rings. The fraction of sp³-hybridized carbons (Fsp3) is 0.857. The molecule has 4 heteroatoms. The van der Waals surface area contributed by atoms with Gasteiger partial charge in [0.15, 0.2) is 0 Å². The van der Waals surface area contributed by atoms with Crippen LogP contribution in [-0.4, -0.2) is 35.5 Å². The Morgan fingerprint density at radius 2 is 1.61 bits per heavy atom. The van der Waals surface area contributed by atoms with E-state index in [0.29, 0.717) is 18.9 Å². The van der Waals surface area contributed by atoms with Crippen molar-refractivity contribution in [3.8, 4) is 0 Å². The molecule has 1 amide bonds. The fourth-order valence-corrected chi connectivity index (χ4v) is 2.09. The average molecular weight is 255 g/mol. The number of Topliss-reactive ketones (excluding diaryl/α,β-unsaturated/α-hetero) is 1. The Kier molecular flexibility index (Phi) is 4.77. The highest BCUT2D eigenvalue weighted by Crippen LogP contribution is 2.20. The standard InChI is InChI=1S/C14H25NO3/c1-10-6-8-15(9-7-11(2)12(10)16)13(17)18-14(3,4)5/h10-11H,6-9H2,1-5H3. The number of rotatable bonds is 0. The molecule has 1 heterocycles. The van der Waals surface area contributed by atoms with E-state index < -0.39 is 5.60 Å². The van der Waals surface area contributed by atoms with E-state index in [1.165, 1.54) is 0 Å². The number of carbonyl (C=O) groups excluding carboxylic acids is 2. The van der Waals surface area contributed by atoms with Gasteiger partial charge >= 0.3 is 6.09 Å². The van der Waals surface area contributed by atoms with Crippen LogP contribution in [0.4, 0.5) is 4.79 Å². The summed E-state index contributed by atoms with van der Waals surface area (Å²) in [6.07, 6.45) is 1.18. The zero-order valence-electron chi connectivity index (χ0n) is 12.2. The van der Waals surface area contributed by atoms with Crippen molar-refractivity contribution < 1.29 is 14.3 Å². The van der Waals surface area contributed by atoms with E-state index in [4.69, 9.17) is 4.74 Å². The van der Waals surface area contributed by atoms with Crippen LogP contribution in [0.5, 0.6) is 0 Å². The molecular weight excluding hydrogens is 230 g/mol. The van der Waals surface area contributed by atoms with Gasteiger partial charge in [0.05, 0.1) is 0 Å². The second kappa shape index (κ2) is 5.72. The SMILES string of the molecule is CC1CCN(C(=O)OC(C)(C)C)CCC(C)C1=O. The van der Waals surface area contributed by atoms with Gasteiger partial charge < -0.3 is 9.64 Å². The molecule has 0 spiro atoms. The van der Waals surface area contributed by atoms with Gasteiger partial charge in [0.1, 0.15) is 11.4 Å². The van der Waals surface area contributed by atoms with Gasteiger partial charge in [0.25, 0.3) is 0 Å². The van der Waals surface area contributed by atoms with Crippen molar-refractivity contribution in [1.82, 2.24) is 4.90 Å². The largest absolute Gasteiger partial charge is 0.444 e. The monoisotopic (exact) mass is 255 g/mol. The summed E-state index contributed by atoms with van der Waals surface area (Å²) in [6, 6.07) is 0. The van der Waals surface area contributed by atoms with Crippen molar-refractivity contribution in [3.63, 3.8) is 0 Å². The van der Waals surface area contributed by atoms with Crippen LogP contribution in [0.15, 0.2) is 0 Å². The van der Waals surface area contributed by atoms with E-state index in [2.05, 4.69) is 0 Å². The molecule has 1 saturated heterocycles. The summed E-state index contributed by atoms with van der Waals surface area (Å²) in [5.41, 5.74) is -0.466. The van der Waals surface area contributed by atoms with E-state index in [1.54, 1.807) is 4.90 Å². The molecule has 1 aliphatic heterocycles. The summed E-state index contributed by atoms with van der Waals surface area (Å²) in [6.45, 7) is 10.7. The van der Waals surface area contributed by atoms with Gasteiger partial charge in [-0.15, -0.1) is 0 Å². The van der Waals surface area contributed by atoms with Crippen LogP contribution in [-0.2, 0) is 9.53 Å². The predicted molar refractivity (Wildman–Crippen MR) is 70.4 cm³/mol. The molecule has 2 atom stereocenters. The van der Waals surface area contributed by atoms with Gasteiger partial charge in [-0.1, -0.05) is 13.8 Å². The van der Waals surface area contributed by atoms with Crippen molar-refractivity contribution in [2.75, 3.05) is 13.1 Å². The summed E-state index contributed by atoms with van der Waals surface area (Å²) in [5, 5.41) is 0. The van der Waals surface area contributed by atoms with Crippen LogP contribution in [0.2, 0.25) is 0 Å². The zero-order valence-corrected chi connectivity index (χ0v) is 12.2. The molecule has 0 aromatic heterocycles. The van der Waals surface area contributed by atoms with Crippen LogP contribution in [0, 0.1) is 11.8 Å². The van der Waals surface area contributed by atoms with Crippen LogP contribution < -0.4 is 0 Å². The number of amides is 1. The Hall–Kier alpha value is -1.06. The fourth-order valence-electron chi connectivity index (χ4n) is 2.09. The van der Waals surface area contributed by atoms with Crippen molar-refractivity contribution in [2.45, 2.75) is 53.1 Å². The topological polar surface area (TPSA) is 46.6 Å². The molecule has 0 saturated carbocycles. The van der Waals surface area contributed by atoms with Crippen LogP contribution in [0.1, 0.15) is 47.5 Å². The minimum atomic E-state index is -0.466.